The van der Waals surface area contributed by atoms with Crippen LogP contribution in [0.15, 0.2) is 70.5 Å². The molecular weight excluding hydrogens is 490 g/mol. The van der Waals surface area contributed by atoms with E-state index in [2.05, 4.69) is 32.2 Å². The number of thioether (sulfide) groups is 2. The summed E-state index contributed by atoms with van der Waals surface area (Å²) in [6, 6.07) is 13.5. The van der Waals surface area contributed by atoms with Gasteiger partial charge in [0.25, 0.3) is 5.91 Å². The van der Waals surface area contributed by atoms with E-state index in [1.165, 1.54) is 33.6 Å². The fourth-order valence-corrected chi connectivity index (χ4v) is 7.20. The molecule has 174 valence electrons. The second-order valence-electron chi connectivity index (χ2n) is 7.89. The lowest BCUT2D eigenvalue weighted by atomic mass is 10.0. The van der Waals surface area contributed by atoms with Crippen LogP contribution in [-0.4, -0.2) is 49.9 Å². The maximum absolute atomic E-state index is 12.9. The van der Waals surface area contributed by atoms with Crippen molar-refractivity contribution in [1.29, 1.82) is 0 Å². The zero-order valence-corrected chi connectivity index (χ0v) is 20.7. The number of carboxylic acid groups (broad SMARTS) is 1. The number of nitrogens with one attached hydrogen (secondary N) is 1. The Morgan fingerprint density at radius 3 is 2.68 bits per heavy atom. The van der Waals surface area contributed by atoms with Crippen molar-refractivity contribution in [2.24, 2.45) is 0 Å². The number of carbonyl (C=O) groups is 2. The Bertz CT molecular complexity index is 1250. The number of nitrogens with zero attached hydrogens (tertiary/aromatic N) is 4. The number of carbonyl (C=O) groups excluding carboxylic acids is 2. The molecule has 2 aliphatic heterocycles. The Hall–Kier alpha value is -2.89. The topological polar surface area (TPSA) is 102 Å². The van der Waals surface area contributed by atoms with Crippen LogP contribution in [0.4, 0.5) is 5.69 Å². The largest absolute Gasteiger partial charge is 0.543 e. The Balaban J connectivity index is 1.25. The van der Waals surface area contributed by atoms with Crippen molar-refractivity contribution in [2.45, 2.75) is 29.2 Å². The van der Waals surface area contributed by atoms with Crippen molar-refractivity contribution >= 4 is 52.4 Å². The van der Waals surface area contributed by atoms with Crippen molar-refractivity contribution in [3.8, 4) is 0 Å². The molecule has 8 nitrogen and oxygen atoms in total. The van der Waals surface area contributed by atoms with E-state index in [0.717, 1.165) is 21.6 Å². The molecule has 3 aromatic rings. The molecule has 0 bridgehead atoms. The van der Waals surface area contributed by atoms with Gasteiger partial charge in [-0.2, -0.15) is 0 Å². The number of aryl methyl sites for hydroxylation is 1. The van der Waals surface area contributed by atoms with E-state index >= 15 is 0 Å². The summed E-state index contributed by atoms with van der Waals surface area (Å²) in [6.07, 6.45) is 3.92. The lowest BCUT2D eigenvalue weighted by Gasteiger charge is -2.51. The fourth-order valence-electron chi connectivity index (χ4n) is 3.90. The summed E-state index contributed by atoms with van der Waals surface area (Å²) >= 11 is 4.45. The normalized spacial score (nSPS) is 19.6. The molecule has 2 aromatic heterocycles. The molecule has 0 unspecified atom stereocenters. The van der Waals surface area contributed by atoms with Crippen LogP contribution in [-0.2, 0) is 16.1 Å². The van der Waals surface area contributed by atoms with Crippen LogP contribution in [0.25, 0.3) is 0 Å². The molecule has 34 heavy (non-hydrogen) atoms. The standard InChI is InChI=1S/C23H21N5O3S3/c1-14-25-26-23(34-14)33-13-16-12-32-21-18(20(29)28(21)19(16)22(30)31)24-17-7-9-27(10-8-17)11-15-5-3-2-4-6-15/h2-10,18,21H,11-13H2,1H3,(H,30,31)/t18-,21-/m1/s1. The fraction of sp³-hybridized carbons (Fsp3) is 0.261. The molecule has 1 amide bonds. The number of fused-ring (bicyclic) bond motifs is 1. The third kappa shape index (κ3) is 4.68. The molecule has 1 saturated heterocycles. The van der Waals surface area contributed by atoms with Gasteiger partial charge in [-0.15, -0.1) is 22.0 Å². The van der Waals surface area contributed by atoms with E-state index in [4.69, 9.17) is 0 Å². The van der Waals surface area contributed by atoms with Crippen molar-refractivity contribution in [3.63, 3.8) is 0 Å². The average molecular weight is 512 g/mol. The molecule has 0 saturated carbocycles. The smallest absolute Gasteiger partial charge is 0.253 e. The van der Waals surface area contributed by atoms with Crippen LogP contribution < -0.4 is 15.0 Å². The predicted molar refractivity (Wildman–Crippen MR) is 130 cm³/mol. The number of amides is 1. The van der Waals surface area contributed by atoms with E-state index in [9.17, 15) is 14.7 Å². The second kappa shape index (κ2) is 9.77. The number of β-lactam (4-membered cyclic amide) rings is 1. The third-order valence-electron chi connectivity index (χ3n) is 5.54. The first-order valence-corrected chi connectivity index (χ1v) is 13.4. The highest BCUT2D eigenvalue weighted by molar-refractivity contribution is 8.01. The molecule has 5 rings (SSSR count). The van der Waals surface area contributed by atoms with Crippen molar-refractivity contribution in [1.82, 2.24) is 15.1 Å². The van der Waals surface area contributed by atoms with Crippen molar-refractivity contribution < 1.29 is 19.3 Å². The highest BCUT2D eigenvalue weighted by Gasteiger charge is 2.52. The van der Waals surface area contributed by atoms with Gasteiger partial charge in [-0.3, -0.25) is 9.69 Å². The van der Waals surface area contributed by atoms with Gasteiger partial charge in [0.1, 0.15) is 16.4 Å². The number of pyridine rings is 1. The second-order valence-corrected chi connectivity index (χ2v) is 11.4. The molecule has 11 heteroatoms. The molecule has 2 aliphatic rings. The number of aliphatic carboxylic acids is 1. The first-order chi connectivity index (χ1) is 16.5. The highest BCUT2D eigenvalue weighted by atomic mass is 32.2. The van der Waals surface area contributed by atoms with Gasteiger partial charge in [0.2, 0.25) is 0 Å². The predicted octanol–water partition coefficient (Wildman–Crippen LogP) is 1.67. The summed E-state index contributed by atoms with van der Waals surface area (Å²) in [6.45, 7) is 2.63. The van der Waals surface area contributed by atoms with Crippen LogP contribution in [0, 0.1) is 6.92 Å². The molecule has 0 aliphatic carbocycles. The Kier molecular flexibility index (Phi) is 6.57. The molecule has 0 spiro atoms. The Morgan fingerprint density at radius 2 is 2.00 bits per heavy atom. The number of benzene rings is 1. The summed E-state index contributed by atoms with van der Waals surface area (Å²) < 4.78 is 2.84. The molecule has 1 aromatic carbocycles. The summed E-state index contributed by atoms with van der Waals surface area (Å²) in [5, 5.41) is 23.8. The molecule has 0 radical (unpaired) electrons. The number of carboxylic acids is 1. The van der Waals surface area contributed by atoms with E-state index < -0.39 is 12.0 Å². The zero-order chi connectivity index (χ0) is 23.7. The lowest BCUT2D eigenvalue weighted by Crippen LogP contribution is -2.68. The van der Waals surface area contributed by atoms with Crippen LogP contribution in [0.2, 0.25) is 0 Å². The van der Waals surface area contributed by atoms with Gasteiger partial charge in [-0.1, -0.05) is 53.4 Å². The Labute approximate surface area is 209 Å². The van der Waals surface area contributed by atoms with Gasteiger partial charge in [-0.25, -0.2) is 4.57 Å². The number of aromatic nitrogens is 3. The first kappa shape index (κ1) is 22.9. The minimum Gasteiger partial charge on any atom is -0.543 e. The third-order valence-corrected chi connectivity index (χ3v) is 8.94. The van der Waals surface area contributed by atoms with Gasteiger partial charge in [-0.05, 0) is 12.5 Å². The van der Waals surface area contributed by atoms with Gasteiger partial charge in [0.05, 0.1) is 11.7 Å². The number of anilines is 1. The maximum atomic E-state index is 12.9. The summed E-state index contributed by atoms with van der Waals surface area (Å²) in [4.78, 5) is 26.2. The Morgan fingerprint density at radius 1 is 1.24 bits per heavy atom. The quantitative estimate of drug-likeness (QED) is 0.277. The van der Waals surface area contributed by atoms with Gasteiger partial charge in [0, 0.05) is 34.9 Å². The average Bonchev–Trinajstić information content (AvgIpc) is 3.27. The molecule has 2 atom stereocenters. The van der Waals surface area contributed by atoms with Crippen LogP contribution in [0.5, 0.6) is 0 Å². The summed E-state index contributed by atoms with van der Waals surface area (Å²) in [7, 11) is 0. The first-order valence-electron chi connectivity index (χ1n) is 10.6. The summed E-state index contributed by atoms with van der Waals surface area (Å²) in [5.74, 6) is -0.624. The van der Waals surface area contributed by atoms with Crippen molar-refractivity contribution in [2.75, 3.05) is 16.8 Å². The number of hydrogen-bond acceptors (Lipinski definition) is 9. The minimum absolute atomic E-state index is 0.00528. The summed E-state index contributed by atoms with van der Waals surface area (Å²) in [5.41, 5.74) is 2.69. The van der Waals surface area contributed by atoms with Crippen molar-refractivity contribution in [3.05, 3.63) is 76.7 Å². The molecular formula is C23H21N5O3S3. The van der Waals surface area contributed by atoms with Crippen LogP contribution >= 0.6 is 34.9 Å². The SMILES string of the molecule is Cc1nnc(SCC2=C(C(=O)[O-])N3C(=O)[C@@H](Nc4cc[n+](Cc5ccccc5)cc4)[C@H]3SC2)s1. The number of rotatable bonds is 8. The lowest BCUT2D eigenvalue weighted by molar-refractivity contribution is -0.688. The number of hydrogen-bond donors (Lipinski definition) is 1. The van der Waals surface area contributed by atoms with E-state index in [0.29, 0.717) is 17.1 Å². The van der Waals surface area contributed by atoms with E-state index in [1.54, 1.807) is 11.8 Å². The zero-order valence-electron chi connectivity index (χ0n) is 18.2. The minimum atomic E-state index is -1.32. The van der Waals surface area contributed by atoms with Gasteiger partial charge >= 0.3 is 0 Å². The van der Waals surface area contributed by atoms with Crippen LogP contribution in [0.3, 0.4) is 0 Å². The van der Waals surface area contributed by atoms with Gasteiger partial charge < -0.3 is 15.2 Å². The molecule has 4 heterocycles. The molecule has 1 fully saturated rings. The maximum Gasteiger partial charge on any atom is 0.253 e. The van der Waals surface area contributed by atoms with Gasteiger partial charge in [0.15, 0.2) is 23.3 Å². The molecule has 1 N–H and O–H groups in total. The highest BCUT2D eigenvalue weighted by Crippen LogP contribution is 2.42. The van der Waals surface area contributed by atoms with E-state index in [-0.39, 0.29) is 17.0 Å². The monoisotopic (exact) mass is 511 g/mol. The van der Waals surface area contributed by atoms with Crippen LogP contribution in [0.1, 0.15) is 10.6 Å². The van der Waals surface area contributed by atoms with E-state index in [1.807, 2.05) is 49.6 Å².